The van der Waals surface area contributed by atoms with Gasteiger partial charge in [0.25, 0.3) is 0 Å². The smallest absolute Gasteiger partial charge is 0.248 e. The van der Waals surface area contributed by atoms with E-state index in [4.69, 9.17) is 0 Å². The number of aryl methyl sites for hydroxylation is 1. The number of rotatable bonds is 6. The Balaban J connectivity index is 1.70. The second kappa shape index (κ2) is 9.55. The van der Waals surface area contributed by atoms with Gasteiger partial charge in [0.05, 0.1) is 5.75 Å². The normalized spacial score (nSPS) is 11.1. The summed E-state index contributed by atoms with van der Waals surface area (Å²) in [4.78, 5) is 24.1. The maximum atomic E-state index is 13.5. The minimum Gasteiger partial charge on any atom is -0.273 e. The zero-order valence-electron chi connectivity index (χ0n) is 15.8. The molecule has 4 nitrogen and oxygen atoms in total. The van der Waals surface area contributed by atoms with Crippen molar-refractivity contribution in [2.75, 3.05) is 5.75 Å². The molecule has 0 atom stereocenters. The number of carbonyl (C=O) groups is 2. The number of benzene rings is 2. The molecule has 0 aromatic heterocycles. The van der Waals surface area contributed by atoms with Crippen molar-refractivity contribution >= 4 is 23.6 Å². The molecule has 0 bridgehead atoms. The van der Waals surface area contributed by atoms with Crippen LogP contribution >= 0.6 is 11.8 Å². The molecule has 0 saturated carbocycles. The minimum atomic E-state index is -0.383. The van der Waals surface area contributed by atoms with E-state index < -0.39 is 0 Å². The lowest BCUT2D eigenvalue weighted by Gasteiger charge is -2.19. The number of amides is 2. The number of halogens is 1. The van der Waals surface area contributed by atoms with Gasteiger partial charge in [0.15, 0.2) is 0 Å². The molecular formula is C21H25FN2O2S. The fourth-order valence-electron chi connectivity index (χ4n) is 2.37. The lowest BCUT2D eigenvalue weighted by Crippen LogP contribution is -2.42. The molecule has 2 amide bonds. The highest BCUT2D eigenvalue weighted by atomic mass is 32.2. The van der Waals surface area contributed by atoms with E-state index in [1.165, 1.54) is 11.6 Å². The molecule has 0 saturated heterocycles. The molecule has 144 valence electrons. The zero-order valence-corrected chi connectivity index (χ0v) is 16.7. The summed E-state index contributed by atoms with van der Waals surface area (Å²) >= 11 is 1.08. The van der Waals surface area contributed by atoms with E-state index in [-0.39, 0.29) is 35.2 Å². The van der Waals surface area contributed by atoms with Gasteiger partial charge in [-0.3, -0.25) is 20.4 Å². The van der Waals surface area contributed by atoms with Crippen LogP contribution in [0.5, 0.6) is 0 Å². The van der Waals surface area contributed by atoms with Crippen molar-refractivity contribution in [3.63, 3.8) is 0 Å². The zero-order chi connectivity index (χ0) is 19.9. The molecule has 0 unspecified atom stereocenters. The Morgan fingerprint density at radius 1 is 0.963 bits per heavy atom. The van der Waals surface area contributed by atoms with Crippen LogP contribution in [0.4, 0.5) is 4.39 Å². The van der Waals surface area contributed by atoms with Crippen molar-refractivity contribution in [3.05, 3.63) is 65.5 Å². The largest absolute Gasteiger partial charge is 0.273 e. The maximum absolute atomic E-state index is 13.5. The fourth-order valence-corrected chi connectivity index (χ4v) is 3.11. The van der Waals surface area contributed by atoms with Gasteiger partial charge in [-0.1, -0.05) is 57.2 Å². The molecule has 0 spiro atoms. The van der Waals surface area contributed by atoms with Gasteiger partial charge in [0.1, 0.15) is 5.82 Å². The summed E-state index contributed by atoms with van der Waals surface area (Å²) in [5.74, 6) is -0.989. The first-order valence-corrected chi connectivity index (χ1v) is 9.79. The van der Waals surface area contributed by atoms with Crippen LogP contribution in [0.3, 0.4) is 0 Å². The first-order chi connectivity index (χ1) is 12.8. The predicted molar refractivity (Wildman–Crippen MR) is 107 cm³/mol. The summed E-state index contributed by atoms with van der Waals surface area (Å²) in [6.07, 6.45) is 0.867. The molecular weight excluding hydrogens is 363 g/mol. The lowest BCUT2D eigenvalue weighted by molar-refractivity contribution is -0.127. The third kappa shape index (κ3) is 7.06. The van der Waals surface area contributed by atoms with Crippen molar-refractivity contribution in [3.8, 4) is 0 Å². The van der Waals surface area contributed by atoms with Crippen molar-refractivity contribution in [1.29, 1.82) is 0 Å². The van der Waals surface area contributed by atoms with Gasteiger partial charge >= 0.3 is 0 Å². The Hall–Kier alpha value is -2.34. The van der Waals surface area contributed by atoms with Crippen LogP contribution in [0.25, 0.3) is 0 Å². The molecule has 0 heterocycles. The molecule has 6 heteroatoms. The van der Waals surface area contributed by atoms with Crippen LogP contribution in [-0.4, -0.2) is 17.6 Å². The van der Waals surface area contributed by atoms with Crippen LogP contribution in [0.2, 0.25) is 0 Å². The molecule has 0 fully saturated rings. The number of hydrogen-bond donors (Lipinski definition) is 2. The average Bonchev–Trinajstić information content (AvgIpc) is 2.63. The minimum absolute atomic E-state index is 0.0233. The third-order valence-electron chi connectivity index (χ3n) is 4.00. The number of nitrogens with one attached hydrogen (secondary N) is 2. The van der Waals surface area contributed by atoms with Gasteiger partial charge in [-0.25, -0.2) is 4.39 Å². The summed E-state index contributed by atoms with van der Waals surface area (Å²) in [6, 6.07) is 14.5. The topological polar surface area (TPSA) is 58.2 Å². The van der Waals surface area contributed by atoms with Crippen molar-refractivity contribution in [2.45, 2.75) is 43.9 Å². The van der Waals surface area contributed by atoms with Crippen molar-refractivity contribution in [2.24, 2.45) is 0 Å². The summed E-state index contributed by atoms with van der Waals surface area (Å²) in [5, 5.41) is 0. The molecule has 2 aromatic carbocycles. The SMILES string of the molecule is CC(C)(C)c1ccc(CCC(=O)NNC(=O)CSc2ccccc2F)cc1. The molecule has 2 rings (SSSR count). The average molecular weight is 389 g/mol. The first-order valence-electron chi connectivity index (χ1n) is 8.80. The molecule has 2 aromatic rings. The van der Waals surface area contributed by atoms with Gasteiger partial charge in [-0.15, -0.1) is 11.8 Å². The van der Waals surface area contributed by atoms with Crippen LogP contribution in [-0.2, 0) is 21.4 Å². The quantitative estimate of drug-likeness (QED) is 0.581. The number of hydrogen-bond acceptors (Lipinski definition) is 3. The highest BCUT2D eigenvalue weighted by molar-refractivity contribution is 8.00. The van der Waals surface area contributed by atoms with Crippen LogP contribution < -0.4 is 10.9 Å². The monoisotopic (exact) mass is 388 g/mol. The molecule has 0 aliphatic carbocycles. The third-order valence-corrected chi connectivity index (χ3v) is 5.05. The number of hydrazine groups is 1. The Kier molecular flexibility index (Phi) is 7.42. The standard InChI is InChI=1S/C21H25FN2O2S/c1-21(2,3)16-11-8-15(9-12-16)10-13-19(25)23-24-20(26)14-27-18-7-5-4-6-17(18)22/h4-9,11-12H,10,13-14H2,1-3H3,(H,23,25)(H,24,26). The molecule has 0 radical (unpaired) electrons. The second-order valence-electron chi connectivity index (χ2n) is 7.26. The molecule has 2 N–H and O–H groups in total. The summed E-state index contributed by atoms with van der Waals surface area (Å²) in [7, 11) is 0. The van der Waals surface area contributed by atoms with Gasteiger partial charge < -0.3 is 0 Å². The van der Waals surface area contributed by atoms with Crippen LogP contribution in [0.1, 0.15) is 38.3 Å². The van der Waals surface area contributed by atoms with Gasteiger partial charge in [0, 0.05) is 11.3 Å². The van der Waals surface area contributed by atoms with E-state index >= 15 is 0 Å². The van der Waals surface area contributed by atoms with E-state index in [9.17, 15) is 14.0 Å². The van der Waals surface area contributed by atoms with Gasteiger partial charge in [0.2, 0.25) is 11.8 Å². The van der Waals surface area contributed by atoms with E-state index in [1.54, 1.807) is 18.2 Å². The van der Waals surface area contributed by atoms with E-state index in [1.807, 2.05) is 12.1 Å². The van der Waals surface area contributed by atoms with E-state index in [0.717, 1.165) is 17.3 Å². The molecule has 27 heavy (non-hydrogen) atoms. The first kappa shape index (κ1) is 21.0. The Morgan fingerprint density at radius 3 is 2.22 bits per heavy atom. The highest BCUT2D eigenvalue weighted by Crippen LogP contribution is 2.22. The van der Waals surface area contributed by atoms with Crippen molar-refractivity contribution in [1.82, 2.24) is 10.9 Å². The van der Waals surface area contributed by atoms with Gasteiger partial charge in [-0.05, 0) is 35.1 Å². The summed E-state index contributed by atoms with van der Waals surface area (Å²) < 4.78 is 13.5. The fraction of sp³-hybridized carbons (Fsp3) is 0.333. The number of thioether (sulfide) groups is 1. The van der Waals surface area contributed by atoms with E-state index in [0.29, 0.717) is 11.3 Å². The summed E-state index contributed by atoms with van der Waals surface area (Å²) in [5.41, 5.74) is 7.16. The Morgan fingerprint density at radius 2 is 1.59 bits per heavy atom. The van der Waals surface area contributed by atoms with E-state index in [2.05, 4.69) is 43.8 Å². The molecule has 0 aliphatic heterocycles. The second-order valence-corrected chi connectivity index (χ2v) is 8.28. The highest BCUT2D eigenvalue weighted by Gasteiger charge is 2.13. The van der Waals surface area contributed by atoms with Gasteiger partial charge in [-0.2, -0.15) is 0 Å². The predicted octanol–water partition coefficient (Wildman–Crippen LogP) is 4.00. The maximum Gasteiger partial charge on any atom is 0.248 e. The number of carbonyl (C=O) groups excluding carboxylic acids is 2. The van der Waals surface area contributed by atoms with Crippen molar-refractivity contribution < 1.29 is 14.0 Å². The van der Waals surface area contributed by atoms with Crippen LogP contribution in [0.15, 0.2) is 53.4 Å². The van der Waals surface area contributed by atoms with Crippen LogP contribution in [0, 0.1) is 5.82 Å². The molecule has 0 aliphatic rings. The Bertz CT molecular complexity index is 786. The lowest BCUT2D eigenvalue weighted by atomic mass is 9.86. The Labute approximate surface area is 163 Å². The summed E-state index contributed by atoms with van der Waals surface area (Å²) in [6.45, 7) is 6.47.